The number of nitrogens with zero attached hydrogens (tertiary/aromatic N) is 5. The lowest BCUT2D eigenvalue weighted by molar-refractivity contribution is 0.0300. The number of nitrogens with two attached hydrogens (primary N) is 1. The van der Waals surface area contributed by atoms with Crippen LogP contribution in [-0.2, 0) is 4.74 Å². The van der Waals surface area contributed by atoms with E-state index < -0.39 is 5.82 Å². The summed E-state index contributed by atoms with van der Waals surface area (Å²) in [5, 5.41) is 8.04. The number of hydrogen-bond donors (Lipinski definition) is 1. The van der Waals surface area contributed by atoms with Gasteiger partial charge in [-0.15, -0.1) is 5.10 Å². The van der Waals surface area contributed by atoms with Crippen LogP contribution in [0.15, 0.2) is 18.2 Å². The summed E-state index contributed by atoms with van der Waals surface area (Å²) in [6.45, 7) is 1.93. The number of aromatic nitrogens is 4. The van der Waals surface area contributed by atoms with Crippen LogP contribution in [0.25, 0.3) is 16.6 Å². The maximum Gasteiger partial charge on any atom is 0.278 e. The molecule has 0 atom stereocenters. The maximum absolute atomic E-state index is 14.0. The highest BCUT2D eigenvalue weighted by atomic mass is 19.1. The van der Waals surface area contributed by atoms with E-state index in [0.29, 0.717) is 31.8 Å². The number of morpholine rings is 1. The SMILES string of the molecule is Nc1nc2c(C(=O)N3CCOCC3)nnn2c2cccc(F)c12. The lowest BCUT2D eigenvalue weighted by Crippen LogP contribution is -2.41. The molecule has 0 spiro atoms. The standard InChI is InChI=1S/C14H13FN6O2/c15-8-2-1-3-9-10(8)12(16)17-13-11(18-19-21(9)13)14(22)20-4-6-23-7-5-20/h1-3H,4-7H2,(H2,16,17). The Balaban J connectivity index is 1.90. The minimum Gasteiger partial charge on any atom is -0.383 e. The molecule has 1 aliphatic heterocycles. The zero-order valence-electron chi connectivity index (χ0n) is 12.1. The average Bonchev–Trinajstić information content (AvgIpc) is 2.99. The number of ether oxygens (including phenoxy) is 1. The van der Waals surface area contributed by atoms with Gasteiger partial charge in [-0.1, -0.05) is 11.3 Å². The Kier molecular flexibility index (Phi) is 3.08. The van der Waals surface area contributed by atoms with Crippen molar-refractivity contribution in [1.29, 1.82) is 0 Å². The highest BCUT2D eigenvalue weighted by Crippen LogP contribution is 2.24. The molecule has 0 saturated carbocycles. The molecule has 118 valence electrons. The summed E-state index contributed by atoms with van der Waals surface area (Å²) in [6, 6.07) is 4.49. The number of anilines is 1. The largest absolute Gasteiger partial charge is 0.383 e. The third kappa shape index (κ3) is 2.08. The molecule has 8 nitrogen and oxygen atoms in total. The molecule has 1 saturated heterocycles. The molecule has 1 aromatic carbocycles. The first kappa shape index (κ1) is 13.8. The van der Waals surface area contributed by atoms with E-state index in [2.05, 4.69) is 15.3 Å². The smallest absolute Gasteiger partial charge is 0.278 e. The second-order valence-corrected chi connectivity index (χ2v) is 5.21. The zero-order valence-corrected chi connectivity index (χ0v) is 12.1. The van der Waals surface area contributed by atoms with Gasteiger partial charge in [-0.25, -0.2) is 9.37 Å². The van der Waals surface area contributed by atoms with Gasteiger partial charge in [0.15, 0.2) is 11.3 Å². The Morgan fingerprint density at radius 1 is 1.30 bits per heavy atom. The molecular weight excluding hydrogens is 303 g/mol. The van der Waals surface area contributed by atoms with Crippen LogP contribution in [0.2, 0.25) is 0 Å². The Labute approximate surface area is 129 Å². The van der Waals surface area contributed by atoms with Gasteiger partial charge in [-0.05, 0) is 12.1 Å². The average molecular weight is 316 g/mol. The highest BCUT2D eigenvalue weighted by Gasteiger charge is 2.25. The van der Waals surface area contributed by atoms with Crippen molar-refractivity contribution in [2.45, 2.75) is 0 Å². The quantitative estimate of drug-likeness (QED) is 0.701. The summed E-state index contributed by atoms with van der Waals surface area (Å²) in [5.41, 5.74) is 6.60. The second-order valence-electron chi connectivity index (χ2n) is 5.21. The van der Waals surface area contributed by atoms with Gasteiger partial charge in [0.2, 0.25) is 0 Å². The first-order valence-electron chi connectivity index (χ1n) is 7.13. The first-order valence-corrected chi connectivity index (χ1v) is 7.13. The van der Waals surface area contributed by atoms with Crippen LogP contribution in [0.1, 0.15) is 10.5 Å². The van der Waals surface area contributed by atoms with Crippen molar-refractivity contribution in [3.63, 3.8) is 0 Å². The fourth-order valence-electron chi connectivity index (χ4n) is 2.71. The van der Waals surface area contributed by atoms with Crippen molar-refractivity contribution in [1.82, 2.24) is 24.7 Å². The monoisotopic (exact) mass is 316 g/mol. The van der Waals surface area contributed by atoms with E-state index in [-0.39, 0.29) is 28.5 Å². The van der Waals surface area contributed by atoms with Crippen molar-refractivity contribution in [3.8, 4) is 0 Å². The second kappa shape index (κ2) is 5.13. The molecular formula is C14H13FN6O2. The summed E-state index contributed by atoms with van der Waals surface area (Å²) in [4.78, 5) is 18.4. The zero-order chi connectivity index (χ0) is 16.0. The molecule has 4 rings (SSSR count). The summed E-state index contributed by atoms with van der Waals surface area (Å²) < 4.78 is 20.5. The van der Waals surface area contributed by atoms with Gasteiger partial charge >= 0.3 is 0 Å². The minimum atomic E-state index is -0.494. The Morgan fingerprint density at radius 3 is 2.87 bits per heavy atom. The van der Waals surface area contributed by atoms with E-state index in [1.165, 1.54) is 10.6 Å². The van der Waals surface area contributed by atoms with E-state index in [0.717, 1.165) is 0 Å². The molecule has 2 aromatic heterocycles. The summed E-state index contributed by atoms with van der Waals surface area (Å²) in [5.74, 6) is -0.777. The molecule has 1 fully saturated rings. The topological polar surface area (TPSA) is 98.6 Å². The van der Waals surface area contributed by atoms with Crippen LogP contribution < -0.4 is 5.73 Å². The van der Waals surface area contributed by atoms with Crippen LogP contribution in [-0.4, -0.2) is 56.9 Å². The fourth-order valence-corrected chi connectivity index (χ4v) is 2.71. The van der Waals surface area contributed by atoms with Gasteiger partial charge in [0.25, 0.3) is 5.91 Å². The normalized spacial score (nSPS) is 15.4. The number of rotatable bonds is 1. The summed E-state index contributed by atoms with van der Waals surface area (Å²) in [6.07, 6.45) is 0. The summed E-state index contributed by atoms with van der Waals surface area (Å²) in [7, 11) is 0. The van der Waals surface area contributed by atoms with Gasteiger partial charge in [-0.2, -0.15) is 4.52 Å². The van der Waals surface area contributed by atoms with E-state index >= 15 is 0 Å². The van der Waals surface area contributed by atoms with Gasteiger partial charge in [0.05, 0.1) is 24.1 Å². The lowest BCUT2D eigenvalue weighted by atomic mass is 10.2. The number of halogens is 1. The molecule has 3 aromatic rings. The molecule has 2 N–H and O–H groups in total. The van der Waals surface area contributed by atoms with Crippen molar-refractivity contribution in [2.75, 3.05) is 32.0 Å². The van der Waals surface area contributed by atoms with E-state index in [1.54, 1.807) is 17.0 Å². The molecule has 0 bridgehead atoms. The van der Waals surface area contributed by atoms with Crippen molar-refractivity contribution in [3.05, 3.63) is 29.7 Å². The molecule has 0 unspecified atom stereocenters. The van der Waals surface area contributed by atoms with Gasteiger partial charge < -0.3 is 15.4 Å². The Bertz CT molecular complexity index is 918. The molecule has 9 heteroatoms. The Morgan fingerprint density at radius 2 is 2.09 bits per heavy atom. The van der Waals surface area contributed by atoms with Crippen molar-refractivity contribution in [2.24, 2.45) is 0 Å². The predicted molar refractivity (Wildman–Crippen MR) is 79.4 cm³/mol. The number of amides is 1. The summed E-state index contributed by atoms with van der Waals surface area (Å²) >= 11 is 0. The van der Waals surface area contributed by atoms with Gasteiger partial charge in [0.1, 0.15) is 11.6 Å². The maximum atomic E-state index is 14.0. The number of hydrogen-bond acceptors (Lipinski definition) is 6. The highest BCUT2D eigenvalue weighted by molar-refractivity contribution is 6.00. The van der Waals surface area contributed by atoms with Crippen LogP contribution >= 0.6 is 0 Å². The fraction of sp³-hybridized carbons (Fsp3) is 0.286. The molecule has 3 heterocycles. The molecule has 0 aliphatic carbocycles. The van der Waals surface area contributed by atoms with Crippen molar-refractivity contribution >= 4 is 28.3 Å². The van der Waals surface area contributed by atoms with Crippen molar-refractivity contribution < 1.29 is 13.9 Å². The molecule has 1 amide bonds. The van der Waals surface area contributed by atoms with Crippen LogP contribution in [0.4, 0.5) is 10.2 Å². The van der Waals surface area contributed by atoms with Gasteiger partial charge in [-0.3, -0.25) is 4.79 Å². The van der Waals surface area contributed by atoms with Crippen LogP contribution in [0.3, 0.4) is 0 Å². The van der Waals surface area contributed by atoms with Gasteiger partial charge in [0, 0.05) is 13.1 Å². The number of nitrogen functional groups attached to an aromatic ring is 1. The van der Waals surface area contributed by atoms with Crippen LogP contribution in [0, 0.1) is 5.82 Å². The number of carbonyl (C=O) groups is 1. The number of benzene rings is 1. The third-order valence-electron chi connectivity index (χ3n) is 3.85. The molecule has 23 heavy (non-hydrogen) atoms. The van der Waals surface area contributed by atoms with E-state index in [9.17, 15) is 9.18 Å². The minimum absolute atomic E-state index is 0.00364. The first-order chi connectivity index (χ1) is 11.2. The number of fused-ring (bicyclic) bond motifs is 3. The van der Waals surface area contributed by atoms with E-state index in [4.69, 9.17) is 10.5 Å². The molecule has 0 radical (unpaired) electrons. The predicted octanol–water partition coefficient (Wildman–Crippen LogP) is 0.471. The lowest BCUT2D eigenvalue weighted by Gasteiger charge is -2.25. The Hall–Kier alpha value is -2.81. The molecule has 1 aliphatic rings. The number of carbonyl (C=O) groups excluding carboxylic acids is 1. The van der Waals surface area contributed by atoms with Crippen LogP contribution in [0.5, 0.6) is 0 Å². The van der Waals surface area contributed by atoms with E-state index in [1.807, 2.05) is 0 Å². The third-order valence-corrected chi connectivity index (χ3v) is 3.85.